The number of nitrogens with two attached hydrogens (primary N) is 2. The summed E-state index contributed by atoms with van der Waals surface area (Å²) < 4.78 is 6.01. The number of pyridine rings is 1. The Labute approximate surface area is 190 Å². The largest absolute Gasteiger partial charge is 0.404 e. The number of carbonyl (C=O) groups is 1. The number of allylic oxidation sites excluding steroid dienone is 1. The normalized spacial score (nSPS) is 16.2. The van der Waals surface area contributed by atoms with Crippen molar-refractivity contribution < 1.29 is 9.53 Å². The van der Waals surface area contributed by atoms with E-state index in [1.165, 1.54) is 25.5 Å². The highest BCUT2D eigenvalue weighted by atomic mass is 16.5. The molecule has 0 bridgehead atoms. The van der Waals surface area contributed by atoms with Gasteiger partial charge in [-0.2, -0.15) is 0 Å². The van der Waals surface area contributed by atoms with Gasteiger partial charge in [-0.25, -0.2) is 4.98 Å². The lowest BCUT2D eigenvalue weighted by molar-refractivity contribution is 0.0640. The second kappa shape index (κ2) is 12.0. The van der Waals surface area contributed by atoms with E-state index in [9.17, 15) is 4.79 Å². The summed E-state index contributed by atoms with van der Waals surface area (Å²) in [7, 11) is 1.66. The van der Waals surface area contributed by atoms with Crippen LogP contribution < -0.4 is 16.8 Å². The number of nitrogen functional groups attached to an aromatic ring is 1. The molecule has 1 fully saturated rings. The van der Waals surface area contributed by atoms with Crippen molar-refractivity contribution in [3.8, 4) is 0 Å². The van der Waals surface area contributed by atoms with Crippen LogP contribution in [0.3, 0.4) is 0 Å². The first-order valence-electron chi connectivity index (χ1n) is 11.1. The van der Waals surface area contributed by atoms with Gasteiger partial charge in [0.25, 0.3) is 5.91 Å². The van der Waals surface area contributed by atoms with Gasteiger partial charge >= 0.3 is 0 Å². The van der Waals surface area contributed by atoms with Crippen LogP contribution in [-0.2, 0) is 11.3 Å². The van der Waals surface area contributed by atoms with Crippen LogP contribution in [0.2, 0.25) is 0 Å². The predicted octanol–water partition coefficient (Wildman–Crippen LogP) is 3.56. The van der Waals surface area contributed by atoms with E-state index in [0.29, 0.717) is 35.8 Å². The van der Waals surface area contributed by atoms with Gasteiger partial charge in [0.2, 0.25) is 0 Å². The fraction of sp³-hybridized carbons (Fsp3) is 0.400. The van der Waals surface area contributed by atoms with Crippen molar-refractivity contribution >= 4 is 23.5 Å². The molecule has 1 aromatic carbocycles. The maximum absolute atomic E-state index is 13.2. The Morgan fingerprint density at radius 2 is 2.03 bits per heavy atom. The van der Waals surface area contributed by atoms with Crippen molar-refractivity contribution in [2.75, 3.05) is 19.4 Å². The third kappa shape index (κ3) is 6.40. The number of hydrogen-bond donors (Lipinski definition) is 3. The SMILES string of the molecule is CN=CC(=CN)c1cnc(N)c(C(=O)NC(COCc2ccccc2)C2CCCCC2)c1. The maximum atomic E-state index is 13.2. The van der Waals surface area contributed by atoms with Gasteiger partial charge < -0.3 is 21.5 Å². The third-order valence-electron chi connectivity index (χ3n) is 5.89. The molecular formula is C25H33N5O2. The van der Waals surface area contributed by atoms with Crippen LogP contribution in [0.15, 0.2) is 53.8 Å². The zero-order valence-electron chi connectivity index (χ0n) is 18.7. The van der Waals surface area contributed by atoms with Crippen LogP contribution in [0.5, 0.6) is 0 Å². The summed E-state index contributed by atoms with van der Waals surface area (Å²) in [6.07, 6.45) is 10.4. The molecule has 7 heteroatoms. The third-order valence-corrected chi connectivity index (χ3v) is 5.89. The highest BCUT2D eigenvalue weighted by Crippen LogP contribution is 2.27. The predicted molar refractivity (Wildman–Crippen MR) is 129 cm³/mol. The minimum Gasteiger partial charge on any atom is -0.404 e. The zero-order chi connectivity index (χ0) is 22.8. The number of amides is 1. The van der Waals surface area contributed by atoms with E-state index in [-0.39, 0.29) is 17.8 Å². The quantitative estimate of drug-likeness (QED) is 0.521. The molecule has 1 aliphatic rings. The lowest BCUT2D eigenvalue weighted by Gasteiger charge is -2.31. The first kappa shape index (κ1) is 23.5. The van der Waals surface area contributed by atoms with E-state index >= 15 is 0 Å². The van der Waals surface area contributed by atoms with Gasteiger partial charge in [0.1, 0.15) is 5.82 Å². The molecule has 1 aliphatic carbocycles. The Morgan fingerprint density at radius 1 is 1.28 bits per heavy atom. The molecule has 0 spiro atoms. The minimum atomic E-state index is -0.249. The number of hydrogen-bond acceptors (Lipinski definition) is 6. The second-order valence-corrected chi connectivity index (χ2v) is 8.14. The van der Waals surface area contributed by atoms with Crippen molar-refractivity contribution in [2.24, 2.45) is 16.6 Å². The van der Waals surface area contributed by atoms with E-state index in [1.54, 1.807) is 25.5 Å². The topological polar surface area (TPSA) is 116 Å². The summed E-state index contributed by atoms with van der Waals surface area (Å²) in [5.74, 6) is 0.316. The van der Waals surface area contributed by atoms with Gasteiger partial charge in [0.05, 0.1) is 24.8 Å². The molecule has 0 saturated heterocycles. The first-order chi connectivity index (χ1) is 15.6. The fourth-order valence-electron chi connectivity index (χ4n) is 4.12. The van der Waals surface area contributed by atoms with Crippen molar-refractivity contribution in [3.05, 3.63) is 65.5 Å². The van der Waals surface area contributed by atoms with Gasteiger partial charge in [-0.05, 0) is 30.4 Å². The number of aliphatic imine (C=N–C) groups is 1. The van der Waals surface area contributed by atoms with Crippen molar-refractivity contribution in [1.82, 2.24) is 10.3 Å². The van der Waals surface area contributed by atoms with Crippen LogP contribution in [0.25, 0.3) is 5.57 Å². The van der Waals surface area contributed by atoms with Gasteiger partial charge in [-0.3, -0.25) is 9.79 Å². The van der Waals surface area contributed by atoms with Crippen LogP contribution in [0.1, 0.15) is 53.6 Å². The number of nitrogens with zero attached hydrogens (tertiary/aromatic N) is 2. The average Bonchev–Trinajstić information content (AvgIpc) is 2.83. The van der Waals surface area contributed by atoms with Crippen molar-refractivity contribution in [1.29, 1.82) is 0 Å². The van der Waals surface area contributed by atoms with Crippen LogP contribution in [-0.4, -0.2) is 36.8 Å². The number of ether oxygens (including phenoxy) is 1. The highest BCUT2D eigenvalue weighted by Gasteiger charge is 2.26. The lowest BCUT2D eigenvalue weighted by Crippen LogP contribution is -2.44. The summed E-state index contributed by atoms with van der Waals surface area (Å²) >= 11 is 0. The van der Waals surface area contributed by atoms with Gasteiger partial charge in [-0.15, -0.1) is 0 Å². The summed E-state index contributed by atoms with van der Waals surface area (Å²) in [4.78, 5) is 21.4. The van der Waals surface area contributed by atoms with Crippen LogP contribution in [0, 0.1) is 5.92 Å². The number of aromatic nitrogens is 1. The molecule has 0 aliphatic heterocycles. The minimum absolute atomic E-state index is 0.0868. The standard InChI is InChI=1S/C25H33N5O2/c1-28-14-21(13-26)20-12-22(24(27)29-15-20)25(31)30-23(19-10-6-3-7-11-19)17-32-16-18-8-4-2-5-9-18/h2,4-5,8-9,12-15,19,23H,3,6-7,10-11,16-17,26H2,1H3,(H2,27,29)(H,30,31). The molecule has 32 heavy (non-hydrogen) atoms. The van der Waals surface area contributed by atoms with Crippen molar-refractivity contribution in [3.63, 3.8) is 0 Å². The fourth-order valence-corrected chi connectivity index (χ4v) is 4.12. The number of anilines is 1. The molecule has 1 unspecified atom stereocenters. The van der Waals surface area contributed by atoms with Gasteiger partial charge in [0.15, 0.2) is 0 Å². The molecular weight excluding hydrogens is 402 g/mol. The molecule has 1 aromatic heterocycles. The zero-order valence-corrected chi connectivity index (χ0v) is 18.7. The molecule has 7 nitrogen and oxygen atoms in total. The highest BCUT2D eigenvalue weighted by molar-refractivity contribution is 6.10. The monoisotopic (exact) mass is 435 g/mol. The summed E-state index contributed by atoms with van der Waals surface area (Å²) in [6.45, 7) is 0.967. The summed E-state index contributed by atoms with van der Waals surface area (Å²) in [5, 5.41) is 3.18. The van der Waals surface area contributed by atoms with Crippen LogP contribution in [0.4, 0.5) is 5.82 Å². The summed E-state index contributed by atoms with van der Waals surface area (Å²) in [5.41, 5.74) is 14.6. The summed E-state index contributed by atoms with van der Waals surface area (Å²) in [6, 6.07) is 11.7. The number of rotatable bonds is 9. The van der Waals surface area contributed by atoms with E-state index in [4.69, 9.17) is 16.2 Å². The molecule has 1 heterocycles. The average molecular weight is 436 g/mol. The smallest absolute Gasteiger partial charge is 0.255 e. The molecule has 1 atom stereocenters. The molecule has 0 radical (unpaired) electrons. The van der Waals surface area contributed by atoms with E-state index in [0.717, 1.165) is 18.4 Å². The molecule has 1 saturated carbocycles. The lowest BCUT2D eigenvalue weighted by atomic mass is 9.84. The van der Waals surface area contributed by atoms with Gasteiger partial charge in [0, 0.05) is 36.8 Å². The Kier molecular flexibility index (Phi) is 8.80. The maximum Gasteiger partial charge on any atom is 0.255 e. The van der Waals surface area contributed by atoms with Gasteiger partial charge in [-0.1, -0.05) is 49.6 Å². The number of benzene rings is 1. The van der Waals surface area contributed by atoms with E-state index in [1.807, 2.05) is 30.3 Å². The molecule has 5 N–H and O–H groups in total. The Bertz CT molecular complexity index is 937. The molecule has 170 valence electrons. The molecule has 2 aromatic rings. The van der Waals surface area contributed by atoms with E-state index in [2.05, 4.69) is 15.3 Å². The van der Waals surface area contributed by atoms with Crippen LogP contribution >= 0.6 is 0 Å². The Morgan fingerprint density at radius 3 is 2.72 bits per heavy atom. The Balaban J connectivity index is 1.73. The second-order valence-electron chi connectivity index (χ2n) is 8.14. The Hall–Kier alpha value is -3.19. The van der Waals surface area contributed by atoms with E-state index < -0.39 is 0 Å². The number of carbonyl (C=O) groups excluding carboxylic acids is 1. The first-order valence-corrected chi connectivity index (χ1v) is 11.1. The molecule has 1 amide bonds. The molecule has 3 rings (SSSR count). The number of nitrogens with one attached hydrogen (secondary N) is 1. The van der Waals surface area contributed by atoms with Crippen molar-refractivity contribution in [2.45, 2.75) is 44.8 Å².